The number of hydrogen-bond acceptors (Lipinski definition) is 4. The van der Waals surface area contributed by atoms with E-state index in [1.54, 1.807) is 50.4 Å². The SMILES string of the molecule is COc1cc(C(=O)N(C)CCOc2cccc(Cl)c2)cc(OC)c1C. The van der Waals surface area contributed by atoms with Gasteiger partial charge in [0.25, 0.3) is 5.91 Å². The van der Waals surface area contributed by atoms with E-state index in [0.717, 1.165) is 5.56 Å². The van der Waals surface area contributed by atoms with Crippen LogP contribution in [-0.2, 0) is 0 Å². The van der Waals surface area contributed by atoms with Crippen LogP contribution in [0.15, 0.2) is 36.4 Å². The molecule has 0 aliphatic heterocycles. The Morgan fingerprint density at radius 3 is 2.32 bits per heavy atom. The van der Waals surface area contributed by atoms with E-state index in [2.05, 4.69) is 0 Å². The predicted octanol–water partition coefficient (Wildman–Crippen LogP) is 3.82. The first kappa shape index (κ1) is 18.9. The zero-order chi connectivity index (χ0) is 18.4. The molecule has 0 aliphatic carbocycles. The first-order valence-electron chi connectivity index (χ1n) is 7.82. The van der Waals surface area contributed by atoms with E-state index < -0.39 is 0 Å². The maximum atomic E-state index is 12.6. The summed E-state index contributed by atoms with van der Waals surface area (Å²) in [6.07, 6.45) is 0. The molecule has 0 saturated carbocycles. The number of amides is 1. The van der Waals surface area contributed by atoms with E-state index >= 15 is 0 Å². The van der Waals surface area contributed by atoms with Gasteiger partial charge in [-0.1, -0.05) is 17.7 Å². The molecule has 0 spiro atoms. The Morgan fingerprint density at radius 2 is 1.76 bits per heavy atom. The van der Waals surface area contributed by atoms with Gasteiger partial charge in [0.15, 0.2) is 0 Å². The second-order valence-corrected chi connectivity index (χ2v) is 5.97. The molecule has 0 radical (unpaired) electrons. The first-order chi connectivity index (χ1) is 12.0. The van der Waals surface area contributed by atoms with Crippen LogP contribution < -0.4 is 14.2 Å². The molecule has 25 heavy (non-hydrogen) atoms. The molecule has 0 aliphatic rings. The number of halogens is 1. The lowest BCUT2D eigenvalue weighted by atomic mass is 10.1. The molecule has 2 aromatic carbocycles. The van der Waals surface area contributed by atoms with Crippen molar-refractivity contribution in [2.45, 2.75) is 6.92 Å². The highest BCUT2D eigenvalue weighted by Gasteiger charge is 2.16. The van der Waals surface area contributed by atoms with Crippen LogP contribution >= 0.6 is 11.6 Å². The van der Waals surface area contributed by atoms with Crippen LogP contribution in [0, 0.1) is 6.92 Å². The molecule has 0 saturated heterocycles. The van der Waals surface area contributed by atoms with Crippen LogP contribution in [0.3, 0.4) is 0 Å². The molecule has 0 unspecified atom stereocenters. The summed E-state index contributed by atoms with van der Waals surface area (Å²) in [5.41, 5.74) is 1.36. The van der Waals surface area contributed by atoms with Crippen molar-refractivity contribution in [2.75, 3.05) is 34.4 Å². The average Bonchev–Trinajstić information content (AvgIpc) is 2.61. The monoisotopic (exact) mass is 363 g/mol. The average molecular weight is 364 g/mol. The predicted molar refractivity (Wildman–Crippen MR) is 98.2 cm³/mol. The van der Waals surface area contributed by atoms with Gasteiger partial charge in [0.1, 0.15) is 23.9 Å². The molecular formula is C19H22ClNO4. The van der Waals surface area contributed by atoms with Gasteiger partial charge < -0.3 is 19.1 Å². The Labute approximate surface area is 153 Å². The second kappa shape index (κ2) is 8.62. The zero-order valence-electron chi connectivity index (χ0n) is 14.8. The Bertz CT molecular complexity index is 723. The van der Waals surface area contributed by atoms with Gasteiger partial charge in [-0.05, 0) is 37.3 Å². The van der Waals surface area contributed by atoms with Crippen molar-refractivity contribution in [1.82, 2.24) is 4.90 Å². The van der Waals surface area contributed by atoms with Crippen LogP contribution in [0.25, 0.3) is 0 Å². The molecule has 2 aromatic rings. The van der Waals surface area contributed by atoms with Crippen molar-refractivity contribution in [3.8, 4) is 17.2 Å². The highest BCUT2D eigenvalue weighted by atomic mass is 35.5. The molecule has 0 fully saturated rings. The van der Waals surface area contributed by atoms with Gasteiger partial charge in [0, 0.05) is 23.2 Å². The topological polar surface area (TPSA) is 48.0 Å². The zero-order valence-corrected chi connectivity index (χ0v) is 15.6. The van der Waals surface area contributed by atoms with Crippen molar-refractivity contribution in [3.05, 3.63) is 52.5 Å². The lowest BCUT2D eigenvalue weighted by molar-refractivity contribution is 0.0773. The van der Waals surface area contributed by atoms with Crippen molar-refractivity contribution in [2.24, 2.45) is 0 Å². The summed E-state index contributed by atoms with van der Waals surface area (Å²) < 4.78 is 16.3. The minimum absolute atomic E-state index is 0.133. The van der Waals surface area contributed by atoms with E-state index in [1.165, 1.54) is 0 Å². The summed E-state index contributed by atoms with van der Waals surface area (Å²) in [4.78, 5) is 14.2. The molecular weight excluding hydrogens is 342 g/mol. The van der Waals surface area contributed by atoms with Gasteiger partial charge in [0.05, 0.1) is 20.8 Å². The Hall–Kier alpha value is -2.40. The molecule has 0 aromatic heterocycles. The number of carbonyl (C=O) groups is 1. The lowest BCUT2D eigenvalue weighted by Gasteiger charge is -2.19. The first-order valence-corrected chi connectivity index (χ1v) is 8.20. The third-order valence-electron chi connectivity index (χ3n) is 3.84. The van der Waals surface area contributed by atoms with E-state index in [4.69, 9.17) is 25.8 Å². The number of hydrogen-bond donors (Lipinski definition) is 0. The van der Waals surface area contributed by atoms with E-state index in [-0.39, 0.29) is 5.91 Å². The molecule has 0 N–H and O–H groups in total. The fraction of sp³-hybridized carbons (Fsp3) is 0.316. The molecule has 134 valence electrons. The smallest absolute Gasteiger partial charge is 0.253 e. The van der Waals surface area contributed by atoms with Gasteiger partial charge in [-0.25, -0.2) is 0 Å². The second-order valence-electron chi connectivity index (χ2n) is 5.54. The quantitative estimate of drug-likeness (QED) is 0.750. The molecule has 0 bridgehead atoms. The fourth-order valence-electron chi connectivity index (χ4n) is 2.39. The minimum Gasteiger partial charge on any atom is -0.496 e. The van der Waals surface area contributed by atoms with Gasteiger partial charge in [-0.2, -0.15) is 0 Å². The van der Waals surface area contributed by atoms with Gasteiger partial charge in [0.2, 0.25) is 0 Å². The molecule has 1 amide bonds. The number of ether oxygens (including phenoxy) is 3. The molecule has 0 atom stereocenters. The number of nitrogens with zero attached hydrogens (tertiary/aromatic N) is 1. The third-order valence-corrected chi connectivity index (χ3v) is 4.07. The fourth-order valence-corrected chi connectivity index (χ4v) is 2.57. The largest absolute Gasteiger partial charge is 0.496 e. The van der Waals surface area contributed by atoms with E-state index in [9.17, 15) is 4.79 Å². The summed E-state index contributed by atoms with van der Waals surface area (Å²) >= 11 is 5.92. The summed E-state index contributed by atoms with van der Waals surface area (Å²) in [7, 11) is 4.86. The van der Waals surface area contributed by atoms with Crippen molar-refractivity contribution >= 4 is 17.5 Å². The van der Waals surface area contributed by atoms with E-state index in [1.807, 2.05) is 19.1 Å². The number of rotatable bonds is 7. The van der Waals surface area contributed by atoms with Crippen LogP contribution in [0.2, 0.25) is 5.02 Å². The maximum Gasteiger partial charge on any atom is 0.253 e. The number of methoxy groups -OCH3 is 2. The highest BCUT2D eigenvalue weighted by Crippen LogP contribution is 2.29. The van der Waals surface area contributed by atoms with E-state index in [0.29, 0.717) is 41.0 Å². The van der Waals surface area contributed by atoms with Crippen molar-refractivity contribution < 1.29 is 19.0 Å². The number of benzene rings is 2. The van der Waals surface area contributed by atoms with Gasteiger partial charge >= 0.3 is 0 Å². The van der Waals surface area contributed by atoms with Crippen LogP contribution in [0.4, 0.5) is 0 Å². The summed E-state index contributed by atoms with van der Waals surface area (Å²) in [5, 5.41) is 0.612. The van der Waals surface area contributed by atoms with Gasteiger partial charge in [-0.3, -0.25) is 4.79 Å². The summed E-state index contributed by atoms with van der Waals surface area (Å²) in [6.45, 7) is 2.68. The normalized spacial score (nSPS) is 10.3. The summed E-state index contributed by atoms with van der Waals surface area (Å²) in [6, 6.07) is 10.6. The minimum atomic E-state index is -0.133. The maximum absolute atomic E-state index is 12.6. The third kappa shape index (κ3) is 4.79. The molecule has 5 nitrogen and oxygen atoms in total. The van der Waals surface area contributed by atoms with Crippen LogP contribution in [0.5, 0.6) is 17.2 Å². The Kier molecular flexibility index (Phi) is 6.53. The Balaban J connectivity index is 2.02. The lowest BCUT2D eigenvalue weighted by Crippen LogP contribution is -2.31. The number of carbonyl (C=O) groups excluding carboxylic acids is 1. The number of likely N-dealkylation sites (N-methyl/N-ethyl adjacent to an activating group) is 1. The van der Waals surface area contributed by atoms with Gasteiger partial charge in [-0.15, -0.1) is 0 Å². The summed E-state index contributed by atoms with van der Waals surface area (Å²) in [5.74, 6) is 1.77. The molecule has 0 heterocycles. The van der Waals surface area contributed by atoms with Crippen LogP contribution in [0.1, 0.15) is 15.9 Å². The van der Waals surface area contributed by atoms with Crippen LogP contribution in [-0.4, -0.2) is 45.2 Å². The standard InChI is InChI=1S/C19H22ClNO4/c1-13-17(23-3)10-14(11-18(13)24-4)19(22)21(2)8-9-25-16-7-5-6-15(20)12-16/h5-7,10-12H,8-9H2,1-4H3. The van der Waals surface area contributed by atoms with Crippen molar-refractivity contribution in [1.29, 1.82) is 0 Å². The highest BCUT2D eigenvalue weighted by molar-refractivity contribution is 6.30. The molecule has 6 heteroatoms. The molecule has 2 rings (SSSR count). The Morgan fingerprint density at radius 1 is 1.12 bits per heavy atom. The van der Waals surface area contributed by atoms with Crippen molar-refractivity contribution in [3.63, 3.8) is 0 Å².